The third kappa shape index (κ3) is 3.79. The summed E-state index contributed by atoms with van der Waals surface area (Å²) in [4.78, 5) is 21.2. The molecule has 1 unspecified atom stereocenters. The van der Waals surface area contributed by atoms with Crippen molar-refractivity contribution in [2.75, 3.05) is 0 Å². The highest BCUT2D eigenvalue weighted by molar-refractivity contribution is 9.10. The molecule has 0 radical (unpaired) electrons. The molecule has 4 aromatic rings. The third-order valence-corrected chi connectivity index (χ3v) is 5.45. The quantitative estimate of drug-likeness (QED) is 0.296. The number of fused-ring (bicyclic) bond motifs is 1. The fourth-order valence-electron chi connectivity index (χ4n) is 2.65. The fraction of sp³-hybridized carbons (Fsp3) is 0.0476. The Morgan fingerprint density at radius 3 is 2.82 bits per heavy atom. The van der Waals surface area contributed by atoms with Crippen LogP contribution >= 0.6 is 27.3 Å². The number of para-hydroxylation sites is 1. The second kappa shape index (κ2) is 7.89. The van der Waals surface area contributed by atoms with E-state index in [1.807, 2.05) is 42.5 Å². The van der Waals surface area contributed by atoms with Gasteiger partial charge in [-0.25, -0.2) is 9.78 Å². The van der Waals surface area contributed by atoms with Crippen molar-refractivity contribution in [2.24, 2.45) is 4.99 Å². The van der Waals surface area contributed by atoms with Gasteiger partial charge in [-0.2, -0.15) is 5.26 Å². The van der Waals surface area contributed by atoms with Crippen molar-refractivity contribution in [3.8, 4) is 17.3 Å². The summed E-state index contributed by atoms with van der Waals surface area (Å²) in [5.41, 5.74) is 1.67. The maximum Gasteiger partial charge on any atom is 0.345 e. The zero-order valence-electron chi connectivity index (χ0n) is 14.4. The molecule has 2 heterocycles. The normalized spacial score (nSPS) is 12.3. The Labute approximate surface area is 172 Å². The SMILES string of the molecule is N#CC(C=Nc1ccccc1)c1nc(-c2cc3cc(Br)ccc3oc2=O)cs1. The highest BCUT2D eigenvalue weighted by Gasteiger charge is 2.16. The van der Waals surface area contributed by atoms with E-state index in [9.17, 15) is 10.1 Å². The van der Waals surface area contributed by atoms with Crippen molar-refractivity contribution in [3.05, 3.63) is 79.9 Å². The molecule has 1 atom stereocenters. The number of hydrogen-bond acceptors (Lipinski definition) is 6. The Bertz CT molecular complexity index is 1270. The molecule has 0 spiro atoms. The Morgan fingerprint density at radius 1 is 1.21 bits per heavy atom. The summed E-state index contributed by atoms with van der Waals surface area (Å²) in [7, 11) is 0. The van der Waals surface area contributed by atoms with E-state index >= 15 is 0 Å². The van der Waals surface area contributed by atoms with Crippen LogP contribution in [0.4, 0.5) is 5.69 Å². The van der Waals surface area contributed by atoms with Gasteiger partial charge in [-0.3, -0.25) is 4.99 Å². The van der Waals surface area contributed by atoms with Crippen LogP contribution < -0.4 is 5.63 Å². The lowest BCUT2D eigenvalue weighted by molar-refractivity contribution is 0.563. The van der Waals surface area contributed by atoms with Gasteiger partial charge in [-0.15, -0.1) is 11.3 Å². The van der Waals surface area contributed by atoms with Crippen LogP contribution in [0.5, 0.6) is 0 Å². The van der Waals surface area contributed by atoms with Gasteiger partial charge in [-0.05, 0) is 36.4 Å². The molecular formula is C21H12BrN3O2S. The zero-order chi connectivity index (χ0) is 19.5. The minimum absolute atomic E-state index is 0.366. The number of benzene rings is 2. The van der Waals surface area contributed by atoms with Crippen molar-refractivity contribution in [1.82, 2.24) is 4.98 Å². The van der Waals surface area contributed by atoms with Gasteiger partial charge in [0.2, 0.25) is 0 Å². The molecule has 0 bridgehead atoms. The second-order valence-electron chi connectivity index (χ2n) is 5.92. The van der Waals surface area contributed by atoms with Crippen molar-refractivity contribution in [1.29, 1.82) is 5.26 Å². The number of aliphatic imine (C=N–C) groups is 1. The van der Waals surface area contributed by atoms with Crippen LogP contribution in [0.1, 0.15) is 10.9 Å². The summed E-state index contributed by atoms with van der Waals surface area (Å²) in [6, 6.07) is 18.8. The monoisotopic (exact) mass is 449 g/mol. The first-order valence-electron chi connectivity index (χ1n) is 8.32. The standard InChI is InChI=1S/C21H12BrN3O2S/c22-15-6-7-19-13(8-15)9-17(21(26)27-19)18-12-28-20(25-18)14(10-23)11-24-16-4-2-1-3-5-16/h1-9,11-12,14H. The third-order valence-electron chi connectivity index (χ3n) is 4.03. The van der Waals surface area contributed by atoms with E-state index in [2.05, 4.69) is 32.0 Å². The number of hydrogen-bond donors (Lipinski definition) is 0. The van der Waals surface area contributed by atoms with E-state index in [0.29, 0.717) is 21.8 Å². The first-order chi connectivity index (χ1) is 13.6. The van der Waals surface area contributed by atoms with Crippen LogP contribution in [0.2, 0.25) is 0 Å². The van der Waals surface area contributed by atoms with Gasteiger partial charge in [0.25, 0.3) is 0 Å². The highest BCUT2D eigenvalue weighted by atomic mass is 79.9. The van der Waals surface area contributed by atoms with E-state index in [1.165, 1.54) is 11.3 Å². The molecule has 0 fully saturated rings. The molecule has 136 valence electrons. The molecule has 0 amide bonds. The summed E-state index contributed by atoms with van der Waals surface area (Å²) in [5.74, 6) is -0.597. The molecule has 0 N–H and O–H groups in total. The van der Waals surface area contributed by atoms with Crippen LogP contribution in [0.15, 0.2) is 78.7 Å². The van der Waals surface area contributed by atoms with Crippen LogP contribution in [0, 0.1) is 11.3 Å². The lowest BCUT2D eigenvalue weighted by Crippen LogP contribution is -2.03. The summed E-state index contributed by atoms with van der Waals surface area (Å²) in [5, 5.41) is 12.6. The van der Waals surface area contributed by atoms with Crippen LogP contribution in [-0.2, 0) is 0 Å². The van der Waals surface area contributed by atoms with Crippen molar-refractivity contribution < 1.29 is 4.42 Å². The Balaban J connectivity index is 1.68. The van der Waals surface area contributed by atoms with Gasteiger partial charge in [0.1, 0.15) is 16.5 Å². The summed E-state index contributed by atoms with van der Waals surface area (Å²) in [6.45, 7) is 0. The van der Waals surface area contributed by atoms with Gasteiger partial charge in [0, 0.05) is 21.5 Å². The molecule has 0 saturated carbocycles. The maximum absolute atomic E-state index is 12.4. The highest BCUT2D eigenvalue weighted by Crippen LogP contribution is 2.27. The van der Waals surface area contributed by atoms with E-state index < -0.39 is 11.5 Å². The number of nitriles is 1. The maximum atomic E-state index is 12.4. The Kier molecular flexibility index (Phi) is 5.15. The Hall–Kier alpha value is -3.08. The van der Waals surface area contributed by atoms with E-state index in [-0.39, 0.29) is 0 Å². The largest absolute Gasteiger partial charge is 0.422 e. The summed E-state index contributed by atoms with van der Waals surface area (Å²) < 4.78 is 6.29. The second-order valence-corrected chi connectivity index (χ2v) is 7.73. The molecule has 0 aliphatic carbocycles. The van der Waals surface area contributed by atoms with Crippen LogP contribution in [0.3, 0.4) is 0 Å². The topological polar surface area (TPSA) is 79.2 Å². The van der Waals surface area contributed by atoms with E-state index in [0.717, 1.165) is 15.5 Å². The molecule has 0 aliphatic heterocycles. The Morgan fingerprint density at radius 2 is 2.04 bits per heavy atom. The predicted octanol–water partition coefficient (Wildman–Crippen LogP) is 5.69. The smallest absolute Gasteiger partial charge is 0.345 e. The number of nitrogens with zero attached hydrogens (tertiary/aromatic N) is 3. The van der Waals surface area contributed by atoms with Gasteiger partial charge < -0.3 is 4.42 Å². The number of aromatic nitrogens is 1. The lowest BCUT2D eigenvalue weighted by Gasteiger charge is -2.01. The molecule has 2 aromatic carbocycles. The van der Waals surface area contributed by atoms with Crippen LogP contribution in [-0.4, -0.2) is 11.2 Å². The summed E-state index contributed by atoms with van der Waals surface area (Å²) in [6.07, 6.45) is 1.57. The molecule has 7 heteroatoms. The molecular weight excluding hydrogens is 438 g/mol. The van der Waals surface area contributed by atoms with Crippen molar-refractivity contribution >= 4 is 50.1 Å². The predicted molar refractivity (Wildman–Crippen MR) is 114 cm³/mol. The lowest BCUT2D eigenvalue weighted by atomic mass is 10.1. The minimum Gasteiger partial charge on any atom is -0.422 e. The van der Waals surface area contributed by atoms with Gasteiger partial charge in [0.15, 0.2) is 0 Å². The first kappa shape index (κ1) is 18.3. The fourth-order valence-corrected chi connectivity index (χ4v) is 3.86. The molecule has 0 saturated heterocycles. The van der Waals surface area contributed by atoms with Gasteiger partial charge in [0.05, 0.1) is 23.0 Å². The van der Waals surface area contributed by atoms with Crippen molar-refractivity contribution in [3.63, 3.8) is 0 Å². The molecule has 5 nitrogen and oxygen atoms in total. The number of rotatable bonds is 4. The average molecular weight is 450 g/mol. The van der Waals surface area contributed by atoms with Gasteiger partial charge >= 0.3 is 5.63 Å². The number of halogens is 1. The zero-order valence-corrected chi connectivity index (χ0v) is 16.8. The average Bonchev–Trinajstić information content (AvgIpc) is 3.19. The van der Waals surface area contributed by atoms with Crippen molar-refractivity contribution in [2.45, 2.75) is 5.92 Å². The van der Waals surface area contributed by atoms with Crippen LogP contribution in [0.25, 0.3) is 22.2 Å². The molecule has 4 rings (SSSR count). The summed E-state index contributed by atoms with van der Waals surface area (Å²) >= 11 is 4.73. The molecule has 28 heavy (non-hydrogen) atoms. The van der Waals surface area contributed by atoms with E-state index in [1.54, 1.807) is 23.7 Å². The number of thiazole rings is 1. The molecule has 0 aliphatic rings. The van der Waals surface area contributed by atoms with Gasteiger partial charge in [-0.1, -0.05) is 34.1 Å². The van der Waals surface area contributed by atoms with E-state index in [4.69, 9.17) is 4.42 Å². The molecule has 2 aromatic heterocycles. The minimum atomic E-state index is -0.597. The first-order valence-corrected chi connectivity index (χ1v) is 9.99.